The molecule has 2 aromatic carbocycles. The van der Waals surface area contributed by atoms with Crippen LogP contribution in [-0.4, -0.2) is 22.5 Å². The van der Waals surface area contributed by atoms with Crippen molar-refractivity contribution in [3.05, 3.63) is 74.7 Å². The molecule has 0 aliphatic rings. The first-order valence-electron chi connectivity index (χ1n) is 8.12. The number of amides is 1. The van der Waals surface area contributed by atoms with E-state index in [0.717, 1.165) is 5.39 Å². The third-order valence-corrected chi connectivity index (χ3v) is 4.20. The van der Waals surface area contributed by atoms with Crippen molar-refractivity contribution in [3.8, 4) is 5.75 Å². The highest BCUT2D eigenvalue weighted by Crippen LogP contribution is 2.28. The quantitative estimate of drug-likeness (QED) is 0.552. The van der Waals surface area contributed by atoms with Gasteiger partial charge in [-0.3, -0.25) is 19.7 Å². The van der Waals surface area contributed by atoms with Crippen LogP contribution in [0.15, 0.2) is 53.3 Å². The number of methoxy groups -OCH3 is 1. The number of nitro groups is 1. The monoisotopic (exact) mass is 367 g/mol. The van der Waals surface area contributed by atoms with E-state index in [4.69, 9.17) is 4.74 Å². The summed E-state index contributed by atoms with van der Waals surface area (Å²) in [4.78, 5) is 35.5. The predicted octanol–water partition coefficient (Wildman–Crippen LogP) is 2.87. The van der Waals surface area contributed by atoms with Crippen molar-refractivity contribution in [2.24, 2.45) is 0 Å². The number of ether oxygens (including phenoxy) is 1. The van der Waals surface area contributed by atoms with E-state index in [9.17, 15) is 19.7 Å². The maximum absolute atomic E-state index is 12.7. The van der Waals surface area contributed by atoms with Crippen molar-refractivity contribution >= 4 is 28.1 Å². The molecule has 0 spiro atoms. The van der Waals surface area contributed by atoms with Gasteiger partial charge in [0.2, 0.25) is 5.91 Å². The zero-order valence-corrected chi connectivity index (χ0v) is 14.8. The van der Waals surface area contributed by atoms with Crippen molar-refractivity contribution in [3.63, 3.8) is 0 Å². The van der Waals surface area contributed by atoms with Gasteiger partial charge in [0.15, 0.2) is 0 Å². The Bertz CT molecular complexity index is 1100. The van der Waals surface area contributed by atoms with Gasteiger partial charge in [-0.05, 0) is 30.5 Å². The van der Waals surface area contributed by atoms with Crippen LogP contribution in [-0.2, 0) is 11.3 Å². The third kappa shape index (κ3) is 3.64. The first-order chi connectivity index (χ1) is 12.9. The van der Waals surface area contributed by atoms with E-state index in [1.54, 1.807) is 19.1 Å². The summed E-state index contributed by atoms with van der Waals surface area (Å²) in [6, 6.07) is 12.9. The number of hydrogen-bond donors (Lipinski definition) is 1. The smallest absolute Gasteiger partial charge is 0.271 e. The minimum atomic E-state index is -0.562. The summed E-state index contributed by atoms with van der Waals surface area (Å²) >= 11 is 0. The highest BCUT2D eigenvalue weighted by atomic mass is 16.6. The molecule has 0 radical (unpaired) electrons. The average molecular weight is 367 g/mol. The number of nitrogens with zero attached hydrogens (tertiary/aromatic N) is 2. The lowest BCUT2D eigenvalue weighted by Crippen LogP contribution is -2.29. The molecular weight excluding hydrogens is 350 g/mol. The van der Waals surface area contributed by atoms with E-state index >= 15 is 0 Å². The second-order valence-corrected chi connectivity index (χ2v) is 5.95. The molecule has 27 heavy (non-hydrogen) atoms. The fraction of sp³-hybridized carbons (Fsp3) is 0.158. The molecule has 0 aliphatic heterocycles. The Hall–Kier alpha value is -3.68. The molecule has 1 heterocycles. The van der Waals surface area contributed by atoms with E-state index in [1.165, 1.54) is 29.9 Å². The minimum Gasteiger partial charge on any atom is -0.495 e. The second kappa shape index (κ2) is 7.28. The minimum absolute atomic E-state index is 0.170. The number of carbonyl (C=O) groups excluding carboxylic acids is 1. The summed E-state index contributed by atoms with van der Waals surface area (Å²) in [7, 11) is 1.40. The van der Waals surface area contributed by atoms with E-state index < -0.39 is 10.8 Å². The van der Waals surface area contributed by atoms with Crippen LogP contribution >= 0.6 is 0 Å². The van der Waals surface area contributed by atoms with E-state index in [0.29, 0.717) is 11.1 Å². The van der Waals surface area contributed by atoms with Crippen LogP contribution < -0.4 is 15.6 Å². The summed E-state index contributed by atoms with van der Waals surface area (Å²) < 4.78 is 6.49. The molecule has 138 valence electrons. The number of nitrogens with one attached hydrogen (secondary N) is 1. The molecule has 0 saturated carbocycles. The summed E-state index contributed by atoms with van der Waals surface area (Å²) in [6.07, 6.45) is 0. The maximum atomic E-state index is 12.7. The molecule has 1 aromatic heterocycles. The third-order valence-electron chi connectivity index (χ3n) is 4.20. The van der Waals surface area contributed by atoms with Crippen molar-refractivity contribution in [1.29, 1.82) is 0 Å². The molecule has 0 bridgehead atoms. The number of rotatable bonds is 5. The highest BCUT2D eigenvalue weighted by molar-refractivity contribution is 5.93. The average Bonchev–Trinajstić information content (AvgIpc) is 2.65. The van der Waals surface area contributed by atoms with Gasteiger partial charge in [0, 0.05) is 23.2 Å². The van der Waals surface area contributed by atoms with Crippen molar-refractivity contribution < 1.29 is 14.5 Å². The molecule has 0 atom stereocenters. The summed E-state index contributed by atoms with van der Waals surface area (Å²) in [5, 5.41) is 14.8. The lowest BCUT2D eigenvalue weighted by Gasteiger charge is -2.13. The molecule has 0 saturated heterocycles. The molecule has 3 rings (SSSR count). The molecule has 1 N–H and O–H groups in total. The van der Waals surface area contributed by atoms with Crippen molar-refractivity contribution in [2.75, 3.05) is 12.4 Å². The molecule has 1 amide bonds. The molecule has 0 unspecified atom stereocenters. The Morgan fingerprint density at radius 2 is 1.96 bits per heavy atom. The van der Waals surface area contributed by atoms with Crippen LogP contribution in [0.5, 0.6) is 5.75 Å². The van der Waals surface area contributed by atoms with Crippen LogP contribution in [0.4, 0.5) is 11.4 Å². The number of aromatic nitrogens is 1. The molecule has 8 heteroatoms. The second-order valence-electron chi connectivity index (χ2n) is 5.95. The lowest BCUT2D eigenvalue weighted by atomic mass is 10.1. The van der Waals surface area contributed by atoms with Gasteiger partial charge in [-0.1, -0.05) is 18.2 Å². The fourth-order valence-electron chi connectivity index (χ4n) is 2.86. The largest absolute Gasteiger partial charge is 0.495 e. The first-order valence-corrected chi connectivity index (χ1v) is 8.12. The van der Waals surface area contributed by atoms with Crippen LogP contribution in [0, 0.1) is 17.0 Å². The van der Waals surface area contributed by atoms with Crippen molar-refractivity contribution in [2.45, 2.75) is 13.5 Å². The Kier molecular flexibility index (Phi) is 4.89. The highest BCUT2D eigenvalue weighted by Gasteiger charge is 2.15. The van der Waals surface area contributed by atoms with Crippen LogP contribution in [0.2, 0.25) is 0 Å². The molecule has 0 aliphatic carbocycles. The Morgan fingerprint density at radius 3 is 2.67 bits per heavy atom. The number of carbonyl (C=O) groups is 1. The molecule has 3 aromatic rings. The fourth-order valence-corrected chi connectivity index (χ4v) is 2.86. The number of hydrogen-bond acceptors (Lipinski definition) is 5. The maximum Gasteiger partial charge on any atom is 0.271 e. The lowest BCUT2D eigenvalue weighted by molar-refractivity contribution is -0.384. The van der Waals surface area contributed by atoms with Crippen molar-refractivity contribution in [1.82, 2.24) is 4.57 Å². The number of fused-ring (bicyclic) bond motifs is 1. The predicted molar refractivity (Wildman–Crippen MR) is 101 cm³/mol. The molecule has 0 fully saturated rings. The van der Waals surface area contributed by atoms with Crippen LogP contribution in [0.3, 0.4) is 0 Å². The summed E-state index contributed by atoms with van der Waals surface area (Å²) in [5.41, 5.74) is 0.361. The van der Waals surface area contributed by atoms with E-state index in [-0.39, 0.29) is 29.2 Å². The number of benzene rings is 2. The zero-order chi connectivity index (χ0) is 19.6. The topological polar surface area (TPSA) is 103 Å². The summed E-state index contributed by atoms with van der Waals surface area (Å²) in [5.74, 6) is -0.203. The van der Waals surface area contributed by atoms with E-state index in [1.807, 2.05) is 18.2 Å². The van der Waals surface area contributed by atoms with Gasteiger partial charge >= 0.3 is 0 Å². The Balaban J connectivity index is 1.91. The number of aryl methyl sites for hydroxylation is 1. The van der Waals surface area contributed by atoms with Gasteiger partial charge in [-0.15, -0.1) is 0 Å². The van der Waals surface area contributed by atoms with Gasteiger partial charge < -0.3 is 14.6 Å². The van der Waals surface area contributed by atoms with Gasteiger partial charge in [0.05, 0.1) is 17.7 Å². The van der Waals surface area contributed by atoms with Gasteiger partial charge in [-0.25, -0.2) is 0 Å². The van der Waals surface area contributed by atoms with Gasteiger partial charge in [0.1, 0.15) is 12.3 Å². The Labute approximate surface area is 154 Å². The van der Waals surface area contributed by atoms with Gasteiger partial charge in [0.25, 0.3) is 11.2 Å². The summed E-state index contributed by atoms with van der Waals surface area (Å²) in [6.45, 7) is 1.52. The van der Waals surface area contributed by atoms with E-state index in [2.05, 4.69) is 5.32 Å². The number of non-ortho nitro benzene ring substituents is 1. The first kappa shape index (κ1) is 18.1. The molecular formula is C19H17N3O5. The number of nitro benzene ring substituents is 1. The van der Waals surface area contributed by atoms with Crippen LogP contribution in [0.1, 0.15) is 5.69 Å². The van der Waals surface area contributed by atoms with Gasteiger partial charge in [-0.2, -0.15) is 0 Å². The normalized spacial score (nSPS) is 10.6. The number of pyridine rings is 1. The SMILES string of the molecule is COc1ccc([N+](=O)[O-])cc1NC(=O)Cn1c(C)cc2ccccc2c1=O. The standard InChI is InChI=1S/C19H17N3O5/c1-12-9-13-5-3-4-6-15(13)19(24)21(12)11-18(23)20-16-10-14(22(25)26)7-8-17(16)27-2/h3-10H,11H2,1-2H3,(H,20,23). The molecule has 8 nitrogen and oxygen atoms in total. The number of anilines is 1. The van der Waals surface area contributed by atoms with Crippen LogP contribution in [0.25, 0.3) is 10.8 Å². The Morgan fingerprint density at radius 1 is 1.22 bits per heavy atom. The zero-order valence-electron chi connectivity index (χ0n) is 14.8.